The van der Waals surface area contributed by atoms with E-state index in [-0.39, 0.29) is 16.8 Å². The highest BCUT2D eigenvalue weighted by molar-refractivity contribution is 6.31. The Morgan fingerprint density at radius 2 is 1.91 bits per heavy atom. The normalized spacial score (nSPS) is 14.3. The molecule has 1 fully saturated rings. The lowest BCUT2D eigenvalue weighted by atomic mass is 10.1. The maximum Gasteiger partial charge on any atom is 0.247 e. The molecule has 0 unspecified atom stereocenters. The van der Waals surface area contributed by atoms with Crippen LogP contribution in [0.2, 0.25) is 5.02 Å². The first kappa shape index (κ1) is 24.7. The van der Waals surface area contributed by atoms with E-state index in [1.54, 1.807) is 24.3 Å². The van der Waals surface area contributed by atoms with Crippen LogP contribution < -0.4 is 15.4 Å². The number of carbonyl (C=O) groups excluding carboxylic acids is 1. The highest BCUT2D eigenvalue weighted by Crippen LogP contribution is 2.29. The van der Waals surface area contributed by atoms with Crippen molar-refractivity contribution in [3.63, 3.8) is 0 Å². The Morgan fingerprint density at radius 1 is 1.14 bits per heavy atom. The van der Waals surface area contributed by atoms with Gasteiger partial charge in [-0.3, -0.25) is 4.79 Å². The quantitative estimate of drug-likeness (QED) is 0.423. The molecule has 1 aromatic heterocycles. The van der Waals surface area contributed by atoms with Gasteiger partial charge in [0, 0.05) is 50.2 Å². The molecule has 2 aromatic carbocycles. The van der Waals surface area contributed by atoms with E-state index < -0.39 is 0 Å². The molecule has 1 aliphatic heterocycles. The monoisotopic (exact) mass is 492 g/mol. The summed E-state index contributed by atoms with van der Waals surface area (Å²) < 4.78 is 5.85. The summed E-state index contributed by atoms with van der Waals surface area (Å²) in [6, 6.07) is 15.2. The van der Waals surface area contributed by atoms with Crippen molar-refractivity contribution in [1.29, 1.82) is 0 Å². The summed E-state index contributed by atoms with van der Waals surface area (Å²) in [5.41, 5.74) is 2.73. The minimum absolute atomic E-state index is 0.208. The highest BCUT2D eigenvalue weighted by Gasteiger charge is 2.13. The number of nitrogens with one attached hydrogen (secondary N) is 2. The maximum absolute atomic E-state index is 11.5. The van der Waals surface area contributed by atoms with Gasteiger partial charge in [-0.15, -0.1) is 0 Å². The van der Waals surface area contributed by atoms with Crippen LogP contribution in [0.3, 0.4) is 0 Å². The van der Waals surface area contributed by atoms with Crippen LogP contribution in [-0.2, 0) is 11.2 Å². The van der Waals surface area contributed by atoms with Gasteiger partial charge in [-0.1, -0.05) is 36.4 Å². The first-order valence-electron chi connectivity index (χ1n) is 11.5. The molecule has 3 aromatic rings. The van der Waals surface area contributed by atoms with Gasteiger partial charge in [0.15, 0.2) is 0 Å². The van der Waals surface area contributed by atoms with Crippen molar-refractivity contribution in [1.82, 2.24) is 19.8 Å². The summed E-state index contributed by atoms with van der Waals surface area (Å²) in [6.07, 6.45) is 3.71. The van der Waals surface area contributed by atoms with E-state index in [0.717, 1.165) is 44.8 Å². The van der Waals surface area contributed by atoms with Gasteiger partial charge in [-0.25, -0.2) is 4.98 Å². The number of hydrogen-bond acceptors (Lipinski definition) is 7. The summed E-state index contributed by atoms with van der Waals surface area (Å²) in [4.78, 5) is 25.1. The van der Waals surface area contributed by atoms with Gasteiger partial charge in [-0.05, 0) is 49.4 Å². The van der Waals surface area contributed by atoms with Crippen molar-refractivity contribution in [3.05, 3.63) is 78.0 Å². The van der Waals surface area contributed by atoms with Crippen LogP contribution in [0.15, 0.2) is 67.4 Å². The Labute approximate surface area is 210 Å². The molecule has 0 saturated carbocycles. The fourth-order valence-corrected chi connectivity index (χ4v) is 3.80. The Hall–Kier alpha value is -3.46. The molecule has 0 radical (unpaired) electrons. The number of likely N-dealkylation sites (N-methyl/N-ethyl adjacent to an activating group) is 1. The zero-order valence-electron chi connectivity index (χ0n) is 19.7. The third-order valence-corrected chi connectivity index (χ3v) is 6.00. The number of hydrogen-bond donors (Lipinski definition) is 2. The molecule has 0 bridgehead atoms. The molecular weight excluding hydrogens is 464 g/mol. The summed E-state index contributed by atoms with van der Waals surface area (Å²) in [5.74, 6) is 0.744. The lowest BCUT2D eigenvalue weighted by Crippen LogP contribution is -2.45. The first-order valence-corrected chi connectivity index (χ1v) is 11.9. The number of benzene rings is 2. The average molecular weight is 493 g/mol. The van der Waals surface area contributed by atoms with Crippen molar-refractivity contribution in [2.24, 2.45) is 0 Å². The Kier molecular flexibility index (Phi) is 8.31. The van der Waals surface area contributed by atoms with Crippen molar-refractivity contribution in [2.45, 2.75) is 6.42 Å². The molecule has 9 heteroatoms. The number of aromatic nitrogens is 2. The number of halogens is 1. The second-order valence-electron chi connectivity index (χ2n) is 8.39. The SMILES string of the molecule is C=CC(=O)Nc1cccc(Oc2nc(Nc3ccc(CCN4CCN(C)CC4)cc3)ncc2Cl)c1. The third kappa shape index (κ3) is 7.26. The second-order valence-corrected chi connectivity index (χ2v) is 8.79. The van der Waals surface area contributed by atoms with Crippen LogP contribution in [0.25, 0.3) is 0 Å². The Bertz CT molecular complexity index is 1160. The standard InChI is InChI=1S/C26H29ClN6O2/c1-3-24(34)29-21-5-4-6-22(17-21)35-25-23(27)18-28-26(31-25)30-20-9-7-19(8-10-20)11-12-33-15-13-32(2)14-16-33/h3-10,17-18H,1,11-16H2,2H3,(H,29,34)(H,28,30,31). The summed E-state index contributed by atoms with van der Waals surface area (Å²) in [6.45, 7) is 9.04. The molecular formula is C26H29ClN6O2. The molecule has 2 heterocycles. The predicted octanol–water partition coefficient (Wildman–Crippen LogP) is 4.58. The number of ether oxygens (including phenoxy) is 1. The van der Waals surface area contributed by atoms with Crippen molar-refractivity contribution >= 4 is 34.8 Å². The van der Waals surface area contributed by atoms with E-state index in [4.69, 9.17) is 16.3 Å². The largest absolute Gasteiger partial charge is 0.437 e. The molecule has 0 spiro atoms. The first-order chi connectivity index (χ1) is 17.0. The lowest BCUT2D eigenvalue weighted by Gasteiger charge is -2.32. The van der Waals surface area contributed by atoms with Crippen LogP contribution in [-0.4, -0.2) is 65.4 Å². The smallest absolute Gasteiger partial charge is 0.247 e. The molecule has 182 valence electrons. The van der Waals surface area contributed by atoms with Gasteiger partial charge in [0.25, 0.3) is 0 Å². The summed E-state index contributed by atoms with van der Waals surface area (Å²) in [7, 11) is 2.17. The lowest BCUT2D eigenvalue weighted by molar-refractivity contribution is -0.111. The molecule has 0 atom stereocenters. The molecule has 1 aliphatic rings. The molecule has 35 heavy (non-hydrogen) atoms. The van der Waals surface area contributed by atoms with Crippen molar-refractivity contribution < 1.29 is 9.53 Å². The van der Waals surface area contributed by atoms with Gasteiger partial charge in [0.05, 0.1) is 6.20 Å². The van der Waals surface area contributed by atoms with E-state index in [0.29, 0.717) is 17.4 Å². The molecule has 4 rings (SSSR count). The van der Waals surface area contributed by atoms with Gasteiger partial charge in [0.2, 0.25) is 17.7 Å². The van der Waals surface area contributed by atoms with E-state index in [2.05, 4.69) is 56.2 Å². The number of anilines is 3. The zero-order chi connectivity index (χ0) is 24.6. The maximum atomic E-state index is 11.5. The molecule has 1 saturated heterocycles. The van der Waals surface area contributed by atoms with Crippen LogP contribution in [0.5, 0.6) is 11.6 Å². The van der Waals surface area contributed by atoms with E-state index in [1.165, 1.54) is 17.8 Å². The molecule has 1 amide bonds. The number of carbonyl (C=O) groups is 1. The summed E-state index contributed by atoms with van der Waals surface area (Å²) in [5, 5.41) is 6.16. The van der Waals surface area contributed by atoms with Gasteiger partial charge < -0.3 is 25.2 Å². The second kappa shape index (κ2) is 11.8. The Balaban J connectivity index is 1.36. The molecule has 8 nitrogen and oxygen atoms in total. The van der Waals surface area contributed by atoms with E-state index in [9.17, 15) is 4.79 Å². The number of nitrogens with zero attached hydrogens (tertiary/aromatic N) is 4. The summed E-state index contributed by atoms with van der Waals surface area (Å²) >= 11 is 6.26. The predicted molar refractivity (Wildman–Crippen MR) is 140 cm³/mol. The van der Waals surface area contributed by atoms with Gasteiger partial charge in [0.1, 0.15) is 10.8 Å². The van der Waals surface area contributed by atoms with Crippen molar-refractivity contribution in [3.8, 4) is 11.6 Å². The van der Waals surface area contributed by atoms with Crippen LogP contribution >= 0.6 is 11.6 Å². The van der Waals surface area contributed by atoms with E-state index >= 15 is 0 Å². The van der Waals surface area contributed by atoms with Gasteiger partial charge in [-0.2, -0.15) is 4.98 Å². The van der Waals surface area contributed by atoms with Crippen LogP contribution in [0, 0.1) is 0 Å². The fourth-order valence-electron chi connectivity index (χ4n) is 3.67. The van der Waals surface area contributed by atoms with E-state index in [1.807, 2.05) is 12.1 Å². The fraction of sp³-hybridized carbons (Fsp3) is 0.269. The minimum atomic E-state index is -0.306. The average Bonchev–Trinajstić information content (AvgIpc) is 2.87. The zero-order valence-corrected chi connectivity index (χ0v) is 20.5. The van der Waals surface area contributed by atoms with Crippen molar-refractivity contribution in [2.75, 3.05) is 50.4 Å². The van der Waals surface area contributed by atoms with Crippen LogP contribution in [0.4, 0.5) is 17.3 Å². The minimum Gasteiger partial charge on any atom is -0.437 e. The molecule has 2 N–H and O–H groups in total. The van der Waals surface area contributed by atoms with Crippen LogP contribution in [0.1, 0.15) is 5.56 Å². The third-order valence-electron chi connectivity index (χ3n) is 5.74. The van der Waals surface area contributed by atoms with Gasteiger partial charge >= 0.3 is 0 Å². The highest BCUT2D eigenvalue weighted by atomic mass is 35.5. The number of rotatable bonds is 9. The topological polar surface area (TPSA) is 82.6 Å². The number of piperazine rings is 1. The number of amides is 1. The molecule has 0 aliphatic carbocycles. The Morgan fingerprint density at radius 3 is 2.66 bits per heavy atom.